The quantitative estimate of drug-likeness (QED) is 0.193. The van der Waals surface area contributed by atoms with Gasteiger partial charge in [-0.1, -0.05) is 91.0 Å². The summed E-state index contributed by atoms with van der Waals surface area (Å²) in [5, 5.41) is 34.7. The van der Waals surface area contributed by atoms with Gasteiger partial charge in [0.15, 0.2) is 0 Å². The molecule has 9 rings (SSSR count). The highest BCUT2D eigenvalue weighted by Crippen LogP contribution is 2.39. The largest absolute Gasteiger partial charge is 0.309 e. The lowest BCUT2D eigenvalue weighted by molar-refractivity contribution is 1.17. The molecular weight excluding hydrogens is 611 g/mol. The van der Waals surface area contributed by atoms with Crippen molar-refractivity contribution in [2.24, 2.45) is 0 Å². The Hall–Kier alpha value is -7.39. The van der Waals surface area contributed by atoms with E-state index in [1.807, 2.05) is 91.0 Å². The van der Waals surface area contributed by atoms with Crippen molar-refractivity contribution in [3.05, 3.63) is 168 Å². The van der Waals surface area contributed by atoms with Crippen LogP contribution in [0.2, 0.25) is 0 Å². The van der Waals surface area contributed by atoms with Gasteiger partial charge in [-0.3, -0.25) is 0 Å². The Morgan fingerprint density at radius 2 is 0.980 bits per heavy atom. The number of rotatable bonds is 4. The first-order valence-corrected chi connectivity index (χ1v) is 16.3. The second kappa shape index (κ2) is 11.4. The smallest absolute Gasteiger partial charge is 0.101 e. The van der Waals surface area contributed by atoms with Gasteiger partial charge in [0.25, 0.3) is 0 Å². The zero-order valence-electron chi connectivity index (χ0n) is 26.7. The molecule has 0 N–H and O–H groups in total. The molecule has 7 aromatic carbocycles. The average Bonchev–Trinajstić information content (AvgIpc) is 3.70. The monoisotopic (exact) mass is 635 g/mol. The Labute approximate surface area is 287 Å². The highest BCUT2D eigenvalue weighted by molar-refractivity contribution is 6.11. The Bertz CT molecular complexity index is 2920. The number of aromatic nitrogens is 2. The number of fused-ring (bicyclic) bond motifs is 6. The molecule has 0 radical (unpaired) electrons. The molecule has 0 bridgehead atoms. The molecule has 0 spiro atoms. The fourth-order valence-corrected chi connectivity index (χ4v) is 7.46. The predicted octanol–water partition coefficient (Wildman–Crippen LogP) is 10.8. The summed E-state index contributed by atoms with van der Waals surface area (Å²) < 4.78 is 4.43. The third-order valence-corrected chi connectivity index (χ3v) is 9.62. The van der Waals surface area contributed by atoms with E-state index in [0.29, 0.717) is 22.3 Å². The Morgan fingerprint density at radius 1 is 0.400 bits per heavy atom. The van der Waals surface area contributed by atoms with Crippen molar-refractivity contribution in [2.45, 2.75) is 0 Å². The third kappa shape index (κ3) is 4.31. The maximum atomic E-state index is 10.4. The molecule has 0 aliphatic heterocycles. The minimum absolute atomic E-state index is 0.328. The molecule has 0 atom stereocenters. The molecule has 0 amide bonds. The van der Waals surface area contributed by atoms with Crippen LogP contribution >= 0.6 is 0 Å². The topological polar surface area (TPSA) is 81.2 Å². The lowest BCUT2D eigenvalue weighted by Crippen LogP contribution is -1.99. The standard InChI is InChI=1S/C45H25N5/c46-26-29-20-21-45-39(22-29)37-15-4-8-19-44(37)50(45)41-16-5-1-12-34(41)30-10-9-11-31(23-30)38-25-33(24-32(27-47)40(38)28-48)49-42-17-6-2-13-35(42)36-14-3-7-18-43(36)49/h1-25H. The maximum Gasteiger partial charge on any atom is 0.101 e. The molecule has 0 unspecified atom stereocenters. The van der Waals surface area contributed by atoms with Crippen LogP contribution in [0.15, 0.2) is 152 Å². The van der Waals surface area contributed by atoms with Gasteiger partial charge >= 0.3 is 0 Å². The van der Waals surface area contributed by atoms with Crippen LogP contribution in [0.4, 0.5) is 0 Å². The van der Waals surface area contributed by atoms with Gasteiger partial charge in [0.05, 0.1) is 50.5 Å². The molecule has 0 aliphatic carbocycles. The first kappa shape index (κ1) is 28.8. The van der Waals surface area contributed by atoms with Crippen LogP contribution in [-0.4, -0.2) is 9.13 Å². The zero-order valence-corrected chi connectivity index (χ0v) is 26.7. The summed E-state index contributed by atoms with van der Waals surface area (Å²) in [5.41, 5.74) is 10.8. The second-order valence-electron chi connectivity index (χ2n) is 12.3. The molecule has 50 heavy (non-hydrogen) atoms. The van der Waals surface area contributed by atoms with Crippen molar-refractivity contribution < 1.29 is 0 Å². The van der Waals surface area contributed by atoms with Gasteiger partial charge < -0.3 is 9.13 Å². The van der Waals surface area contributed by atoms with Crippen LogP contribution in [0.1, 0.15) is 16.7 Å². The molecule has 2 aromatic heterocycles. The molecular formula is C45H25N5. The van der Waals surface area contributed by atoms with Crippen molar-refractivity contribution >= 4 is 43.6 Å². The minimum Gasteiger partial charge on any atom is -0.309 e. The summed E-state index contributed by atoms with van der Waals surface area (Å²) in [6.45, 7) is 0. The first-order valence-electron chi connectivity index (χ1n) is 16.3. The first-order chi connectivity index (χ1) is 24.7. The van der Waals surface area contributed by atoms with E-state index in [0.717, 1.165) is 71.7 Å². The number of nitrogens with zero attached hydrogens (tertiary/aromatic N) is 5. The van der Waals surface area contributed by atoms with Crippen molar-refractivity contribution in [3.8, 4) is 51.8 Å². The van der Waals surface area contributed by atoms with Gasteiger partial charge in [-0.2, -0.15) is 15.8 Å². The van der Waals surface area contributed by atoms with Gasteiger partial charge in [-0.25, -0.2) is 0 Å². The zero-order chi connectivity index (χ0) is 33.8. The van der Waals surface area contributed by atoms with Crippen LogP contribution in [0, 0.1) is 34.0 Å². The summed E-state index contributed by atoms with van der Waals surface area (Å²) >= 11 is 0. The van der Waals surface area contributed by atoms with E-state index in [4.69, 9.17) is 0 Å². The summed E-state index contributed by atoms with van der Waals surface area (Å²) in [5.74, 6) is 0. The fourth-order valence-electron chi connectivity index (χ4n) is 7.46. The highest BCUT2D eigenvalue weighted by Gasteiger charge is 2.19. The van der Waals surface area contributed by atoms with E-state index in [9.17, 15) is 15.8 Å². The molecule has 0 aliphatic rings. The van der Waals surface area contributed by atoms with E-state index in [-0.39, 0.29) is 0 Å². The van der Waals surface area contributed by atoms with E-state index in [1.165, 1.54) is 0 Å². The van der Waals surface area contributed by atoms with E-state index < -0.39 is 0 Å². The fraction of sp³-hybridized carbons (Fsp3) is 0. The summed E-state index contributed by atoms with van der Waals surface area (Å²) in [7, 11) is 0. The van der Waals surface area contributed by atoms with Gasteiger partial charge in [-0.15, -0.1) is 0 Å². The summed E-state index contributed by atoms with van der Waals surface area (Å²) in [4.78, 5) is 0. The highest BCUT2D eigenvalue weighted by atomic mass is 15.0. The summed E-state index contributed by atoms with van der Waals surface area (Å²) in [6, 6.07) is 57.9. The van der Waals surface area contributed by atoms with E-state index in [1.54, 1.807) is 0 Å². The van der Waals surface area contributed by atoms with E-state index >= 15 is 0 Å². The SMILES string of the molecule is N#Cc1ccc2c(c1)c1ccccc1n2-c1ccccc1-c1cccc(-c2cc(-n3c4ccccc4c4ccccc43)cc(C#N)c2C#N)c1. The number of nitriles is 3. The van der Waals surface area contributed by atoms with Crippen LogP contribution in [-0.2, 0) is 0 Å². The normalized spacial score (nSPS) is 11.1. The molecule has 9 aromatic rings. The molecule has 5 heteroatoms. The van der Waals surface area contributed by atoms with Gasteiger partial charge in [0.2, 0.25) is 0 Å². The maximum absolute atomic E-state index is 10.4. The number of hydrogen-bond acceptors (Lipinski definition) is 3. The number of hydrogen-bond donors (Lipinski definition) is 0. The van der Waals surface area contributed by atoms with Crippen molar-refractivity contribution in [2.75, 3.05) is 0 Å². The molecule has 2 heterocycles. The lowest BCUT2D eigenvalue weighted by Gasteiger charge is -2.16. The van der Waals surface area contributed by atoms with Crippen LogP contribution in [0.25, 0.3) is 77.2 Å². The molecule has 0 saturated carbocycles. The molecule has 5 nitrogen and oxygen atoms in total. The lowest BCUT2D eigenvalue weighted by atomic mass is 9.92. The third-order valence-electron chi connectivity index (χ3n) is 9.62. The molecule has 0 saturated heterocycles. The van der Waals surface area contributed by atoms with Crippen molar-refractivity contribution in [3.63, 3.8) is 0 Å². The number of benzene rings is 7. The number of para-hydroxylation sites is 4. The minimum atomic E-state index is 0.328. The Kier molecular flexibility index (Phi) is 6.56. The molecule has 230 valence electrons. The molecule has 0 fully saturated rings. The van der Waals surface area contributed by atoms with Crippen LogP contribution in [0.5, 0.6) is 0 Å². The summed E-state index contributed by atoms with van der Waals surface area (Å²) in [6.07, 6.45) is 0. The van der Waals surface area contributed by atoms with Crippen molar-refractivity contribution in [1.82, 2.24) is 9.13 Å². The predicted molar refractivity (Wildman–Crippen MR) is 200 cm³/mol. The Balaban J connectivity index is 1.26. The van der Waals surface area contributed by atoms with Gasteiger partial charge in [-0.05, 0) is 71.8 Å². The van der Waals surface area contributed by atoms with Crippen molar-refractivity contribution in [1.29, 1.82) is 15.8 Å². The second-order valence-corrected chi connectivity index (χ2v) is 12.3. The van der Waals surface area contributed by atoms with Gasteiger partial charge in [0.1, 0.15) is 12.1 Å². The van der Waals surface area contributed by atoms with E-state index in [2.05, 4.69) is 88.0 Å². The van der Waals surface area contributed by atoms with Crippen LogP contribution in [0.3, 0.4) is 0 Å². The van der Waals surface area contributed by atoms with Crippen LogP contribution < -0.4 is 0 Å². The van der Waals surface area contributed by atoms with Gasteiger partial charge in [0, 0.05) is 38.4 Å². The average molecular weight is 636 g/mol. The Morgan fingerprint density at radius 3 is 1.64 bits per heavy atom.